The lowest BCUT2D eigenvalue weighted by Gasteiger charge is -2.23. The predicted molar refractivity (Wildman–Crippen MR) is 78.9 cm³/mol. The number of ether oxygens (including phenoxy) is 1. The van der Waals surface area contributed by atoms with Crippen LogP contribution in [0.2, 0.25) is 0 Å². The molecule has 2 amide bonds. The van der Waals surface area contributed by atoms with Crippen molar-refractivity contribution in [3.05, 3.63) is 29.8 Å². The molecule has 0 spiro atoms. The maximum Gasteiger partial charge on any atom is 0.407 e. The van der Waals surface area contributed by atoms with Crippen molar-refractivity contribution in [2.45, 2.75) is 27.2 Å². The zero-order valence-electron chi connectivity index (χ0n) is 12.3. The van der Waals surface area contributed by atoms with Gasteiger partial charge in [0.2, 0.25) is 5.91 Å². The molecule has 0 saturated carbocycles. The first-order chi connectivity index (χ1) is 9.60. The summed E-state index contributed by atoms with van der Waals surface area (Å²) in [6, 6.07) is 7.79. The van der Waals surface area contributed by atoms with Gasteiger partial charge in [0.1, 0.15) is 0 Å². The first kappa shape index (κ1) is 16.0. The molecular formula is C15H22N2O3. The van der Waals surface area contributed by atoms with E-state index in [1.165, 1.54) is 6.92 Å². The smallest absolute Gasteiger partial charge is 0.407 e. The first-order valence-electron chi connectivity index (χ1n) is 6.86. The monoisotopic (exact) mass is 278 g/mol. The van der Waals surface area contributed by atoms with Gasteiger partial charge in [-0.2, -0.15) is 0 Å². The molecule has 5 heteroatoms. The highest BCUT2D eigenvalue weighted by atomic mass is 16.5. The van der Waals surface area contributed by atoms with Crippen LogP contribution in [0.5, 0.6) is 0 Å². The fourth-order valence-corrected chi connectivity index (χ4v) is 1.97. The minimum absolute atomic E-state index is 0.0449. The number of alkyl carbamates (subject to hydrolysis) is 1. The number of carbonyl (C=O) groups excluding carboxylic acids is 2. The molecule has 1 aromatic carbocycles. The molecule has 5 nitrogen and oxygen atoms in total. The maximum atomic E-state index is 11.8. The van der Waals surface area contributed by atoms with E-state index in [2.05, 4.69) is 5.32 Å². The lowest BCUT2D eigenvalue weighted by Crippen LogP contribution is -2.38. The Labute approximate surface area is 119 Å². The molecule has 1 rings (SSSR count). The van der Waals surface area contributed by atoms with Gasteiger partial charge in [-0.15, -0.1) is 0 Å². The number of anilines is 1. The van der Waals surface area contributed by atoms with Crippen molar-refractivity contribution < 1.29 is 14.3 Å². The van der Waals surface area contributed by atoms with Gasteiger partial charge in [-0.1, -0.05) is 25.1 Å². The lowest BCUT2D eigenvalue weighted by atomic mass is 10.1. The summed E-state index contributed by atoms with van der Waals surface area (Å²) in [4.78, 5) is 24.7. The van der Waals surface area contributed by atoms with Crippen LogP contribution in [0.4, 0.5) is 10.5 Å². The van der Waals surface area contributed by atoms with Crippen LogP contribution in [0.3, 0.4) is 0 Å². The Morgan fingerprint density at radius 1 is 1.25 bits per heavy atom. The number of carbonyl (C=O) groups is 2. The van der Waals surface area contributed by atoms with Gasteiger partial charge in [-0.25, -0.2) is 4.79 Å². The Morgan fingerprint density at radius 2 is 1.95 bits per heavy atom. The van der Waals surface area contributed by atoms with Gasteiger partial charge in [-0.05, 0) is 25.0 Å². The molecule has 20 heavy (non-hydrogen) atoms. The molecule has 0 radical (unpaired) electrons. The van der Waals surface area contributed by atoms with Crippen LogP contribution in [-0.2, 0) is 16.0 Å². The van der Waals surface area contributed by atoms with Crippen molar-refractivity contribution in [2.75, 3.05) is 24.6 Å². The molecule has 1 N–H and O–H groups in total. The van der Waals surface area contributed by atoms with Crippen LogP contribution < -0.4 is 10.2 Å². The highest BCUT2D eigenvalue weighted by Gasteiger charge is 2.14. The number of aryl methyl sites for hydroxylation is 1. The minimum Gasteiger partial charge on any atom is -0.450 e. The average Bonchev–Trinajstić information content (AvgIpc) is 2.43. The quantitative estimate of drug-likeness (QED) is 0.869. The Bertz CT molecular complexity index is 460. The van der Waals surface area contributed by atoms with Crippen LogP contribution in [0, 0.1) is 0 Å². The van der Waals surface area contributed by atoms with E-state index < -0.39 is 6.09 Å². The van der Waals surface area contributed by atoms with E-state index in [0.717, 1.165) is 17.7 Å². The third-order valence-electron chi connectivity index (χ3n) is 2.92. The third-order valence-corrected chi connectivity index (χ3v) is 2.92. The maximum absolute atomic E-state index is 11.8. The number of hydrogen-bond acceptors (Lipinski definition) is 3. The van der Waals surface area contributed by atoms with Gasteiger partial charge in [-0.3, -0.25) is 4.79 Å². The standard InChI is InChI=1S/C15H22N2O3/c1-4-13-8-6-7-9-14(13)17(12(3)18)11-10-16-15(19)20-5-2/h6-9H,4-5,10-11H2,1-3H3,(H,16,19). The molecule has 0 bridgehead atoms. The normalized spacial score (nSPS) is 9.95. The number of hydrogen-bond donors (Lipinski definition) is 1. The summed E-state index contributed by atoms with van der Waals surface area (Å²) < 4.78 is 4.78. The van der Waals surface area contributed by atoms with E-state index >= 15 is 0 Å². The summed E-state index contributed by atoms with van der Waals surface area (Å²) in [5.74, 6) is -0.0449. The Morgan fingerprint density at radius 3 is 2.55 bits per heavy atom. The summed E-state index contributed by atoms with van der Waals surface area (Å²) >= 11 is 0. The number of para-hydroxylation sites is 1. The van der Waals surface area contributed by atoms with Gasteiger partial charge < -0.3 is 15.0 Å². The van der Waals surface area contributed by atoms with E-state index in [4.69, 9.17) is 4.74 Å². The molecule has 0 saturated heterocycles. The van der Waals surface area contributed by atoms with E-state index in [9.17, 15) is 9.59 Å². The molecule has 0 atom stereocenters. The molecule has 110 valence electrons. The van der Waals surface area contributed by atoms with Crippen LogP contribution in [0.1, 0.15) is 26.3 Å². The minimum atomic E-state index is -0.459. The third kappa shape index (κ3) is 4.57. The van der Waals surface area contributed by atoms with Crippen molar-refractivity contribution in [1.82, 2.24) is 5.32 Å². The molecular weight excluding hydrogens is 256 g/mol. The van der Waals surface area contributed by atoms with E-state index in [-0.39, 0.29) is 5.91 Å². The molecule has 0 heterocycles. The molecule has 0 aliphatic heterocycles. The number of amides is 2. The summed E-state index contributed by atoms with van der Waals surface area (Å²) in [5, 5.41) is 2.62. The lowest BCUT2D eigenvalue weighted by molar-refractivity contribution is -0.116. The Kier molecular flexibility index (Phi) is 6.56. The largest absolute Gasteiger partial charge is 0.450 e. The van der Waals surface area contributed by atoms with Gasteiger partial charge in [0.05, 0.1) is 6.61 Å². The predicted octanol–water partition coefficient (Wildman–Crippen LogP) is 2.35. The molecule has 1 aromatic rings. The molecule has 0 fully saturated rings. The number of benzene rings is 1. The second-order valence-corrected chi connectivity index (χ2v) is 4.30. The van der Waals surface area contributed by atoms with Crippen molar-refractivity contribution in [2.24, 2.45) is 0 Å². The summed E-state index contributed by atoms with van der Waals surface area (Å²) in [7, 11) is 0. The molecule has 0 aliphatic carbocycles. The second kappa shape index (κ2) is 8.19. The van der Waals surface area contributed by atoms with Crippen LogP contribution in [-0.4, -0.2) is 31.7 Å². The number of rotatable bonds is 6. The molecule has 0 unspecified atom stereocenters. The fraction of sp³-hybridized carbons (Fsp3) is 0.467. The summed E-state index contributed by atoms with van der Waals surface area (Å²) in [5.41, 5.74) is 2.01. The van der Waals surface area contributed by atoms with Gasteiger partial charge in [0, 0.05) is 25.7 Å². The van der Waals surface area contributed by atoms with Crippen LogP contribution in [0.15, 0.2) is 24.3 Å². The highest BCUT2D eigenvalue weighted by Crippen LogP contribution is 2.20. The van der Waals surface area contributed by atoms with E-state index in [1.54, 1.807) is 11.8 Å². The molecule has 0 aromatic heterocycles. The average molecular weight is 278 g/mol. The van der Waals surface area contributed by atoms with E-state index in [0.29, 0.717) is 19.7 Å². The van der Waals surface area contributed by atoms with Gasteiger partial charge in [0.15, 0.2) is 0 Å². The van der Waals surface area contributed by atoms with Crippen LogP contribution >= 0.6 is 0 Å². The van der Waals surface area contributed by atoms with Gasteiger partial charge in [0.25, 0.3) is 0 Å². The van der Waals surface area contributed by atoms with Crippen molar-refractivity contribution >= 4 is 17.7 Å². The molecule has 0 aliphatic rings. The topological polar surface area (TPSA) is 58.6 Å². The van der Waals surface area contributed by atoms with Crippen molar-refractivity contribution in [3.63, 3.8) is 0 Å². The highest BCUT2D eigenvalue weighted by molar-refractivity contribution is 5.92. The van der Waals surface area contributed by atoms with Crippen molar-refractivity contribution in [1.29, 1.82) is 0 Å². The number of nitrogens with zero attached hydrogens (tertiary/aromatic N) is 1. The SMILES string of the molecule is CCOC(=O)NCCN(C(C)=O)c1ccccc1CC. The summed E-state index contributed by atoms with van der Waals surface area (Å²) in [6.45, 7) is 6.44. The second-order valence-electron chi connectivity index (χ2n) is 4.30. The summed E-state index contributed by atoms with van der Waals surface area (Å²) in [6.07, 6.45) is 0.394. The zero-order valence-corrected chi connectivity index (χ0v) is 12.3. The van der Waals surface area contributed by atoms with Crippen molar-refractivity contribution in [3.8, 4) is 0 Å². The van der Waals surface area contributed by atoms with E-state index in [1.807, 2.05) is 31.2 Å². The fourth-order valence-electron chi connectivity index (χ4n) is 1.97. The Hall–Kier alpha value is -2.04. The van der Waals surface area contributed by atoms with Crippen LogP contribution in [0.25, 0.3) is 0 Å². The first-order valence-corrected chi connectivity index (χ1v) is 6.86. The Balaban J connectivity index is 2.70. The van der Waals surface area contributed by atoms with Gasteiger partial charge >= 0.3 is 6.09 Å². The zero-order chi connectivity index (χ0) is 15.0. The number of nitrogens with one attached hydrogen (secondary N) is 1.